The number of piperazine rings is 1. The zero-order chi connectivity index (χ0) is 16.4. The molecule has 122 valence electrons. The molecule has 0 saturated carbocycles. The summed E-state index contributed by atoms with van der Waals surface area (Å²) in [6, 6.07) is 6.34. The first-order valence-electron chi connectivity index (χ1n) is 7.41. The normalized spacial score (nSPS) is 15.0. The van der Waals surface area contributed by atoms with Crippen LogP contribution in [0.5, 0.6) is 0 Å². The number of hydrogen-bond donors (Lipinski definition) is 0. The number of aromatic nitrogens is 3. The van der Waals surface area contributed by atoms with E-state index in [1.807, 2.05) is 0 Å². The van der Waals surface area contributed by atoms with Gasteiger partial charge in [-0.1, -0.05) is 0 Å². The van der Waals surface area contributed by atoms with Crippen molar-refractivity contribution in [1.82, 2.24) is 19.2 Å². The summed E-state index contributed by atoms with van der Waals surface area (Å²) in [5.41, 5.74) is 0.644. The Kier molecular flexibility index (Phi) is 4.14. The Labute approximate surface area is 132 Å². The average molecular weight is 319 g/mol. The van der Waals surface area contributed by atoms with E-state index in [9.17, 15) is 14.0 Å². The van der Waals surface area contributed by atoms with Gasteiger partial charge < -0.3 is 9.80 Å². The number of halogens is 1. The fourth-order valence-corrected chi connectivity index (χ4v) is 2.64. The van der Waals surface area contributed by atoms with Crippen molar-refractivity contribution >= 4 is 11.6 Å². The molecule has 0 atom stereocenters. The molecule has 1 fully saturated rings. The lowest BCUT2D eigenvalue weighted by Crippen LogP contribution is -2.50. The van der Waals surface area contributed by atoms with Crippen molar-refractivity contribution in [3.8, 4) is 0 Å². The number of carbonyl (C=O) groups excluding carboxylic acids is 1. The molecule has 1 amide bonds. The zero-order valence-corrected chi connectivity index (χ0v) is 12.9. The van der Waals surface area contributed by atoms with Crippen molar-refractivity contribution in [1.29, 1.82) is 0 Å². The molecule has 0 aliphatic carbocycles. The molecule has 0 radical (unpaired) electrons. The standard InChI is InChI=1S/C15H18FN5O2/c1-18-15(23)21(11-17-18)10-14(22)20-8-6-19(7-9-20)13-4-2-12(16)3-5-13/h2-5,11H,6-10H2,1H3. The van der Waals surface area contributed by atoms with E-state index in [2.05, 4.69) is 10.00 Å². The van der Waals surface area contributed by atoms with Crippen molar-refractivity contribution in [2.24, 2.45) is 7.05 Å². The first kappa shape index (κ1) is 15.3. The van der Waals surface area contributed by atoms with Crippen molar-refractivity contribution in [2.75, 3.05) is 31.1 Å². The van der Waals surface area contributed by atoms with Crippen LogP contribution in [0.15, 0.2) is 35.4 Å². The summed E-state index contributed by atoms with van der Waals surface area (Å²) in [6.45, 7) is 2.51. The monoisotopic (exact) mass is 319 g/mol. The number of carbonyl (C=O) groups is 1. The van der Waals surface area contributed by atoms with Crippen LogP contribution in [0.4, 0.5) is 10.1 Å². The van der Waals surface area contributed by atoms with Crippen LogP contribution in [0.2, 0.25) is 0 Å². The molecule has 1 saturated heterocycles. The van der Waals surface area contributed by atoms with Gasteiger partial charge in [-0.3, -0.25) is 9.36 Å². The van der Waals surface area contributed by atoms with Gasteiger partial charge in [0.25, 0.3) is 0 Å². The van der Waals surface area contributed by atoms with Gasteiger partial charge in [-0.25, -0.2) is 13.9 Å². The van der Waals surface area contributed by atoms with E-state index in [0.717, 1.165) is 5.69 Å². The largest absolute Gasteiger partial charge is 0.368 e. The minimum Gasteiger partial charge on any atom is -0.368 e. The van der Waals surface area contributed by atoms with Gasteiger partial charge in [0.2, 0.25) is 5.91 Å². The van der Waals surface area contributed by atoms with Gasteiger partial charge >= 0.3 is 5.69 Å². The Morgan fingerprint density at radius 1 is 1.17 bits per heavy atom. The molecular weight excluding hydrogens is 301 g/mol. The minimum absolute atomic E-state index is 0.00320. The molecule has 0 spiro atoms. The molecule has 8 heteroatoms. The Balaban J connectivity index is 1.58. The SMILES string of the molecule is Cn1ncn(CC(=O)N2CCN(c3ccc(F)cc3)CC2)c1=O. The first-order chi connectivity index (χ1) is 11.0. The number of nitrogens with zero attached hydrogens (tertiary/aromatic N) is 5. The van der Waals surface area contributed by atoms with Crippen LogP contribution < -0.4 is 10.6 Å². The molecule has 1 aliphatic rings. The summed E-state index contributed by atoms with van der Waals surface area (Å²) < 4.78 is 15.5. The molecule has 23 heavy (non-hydrogen) atoms. The summed E-state index contributed by atoms with van der Waals surface area (Å²) in [6.07, 6.45) is 1.37. The molecule has 0 bridgehead atoms. The lowest BCUT2D eigenvalue weighted by atomic mass is 10.2. The third-order valence-corrected chi connectivity index (χ3v) is 4.02. The predicted octanol–water partition coefficient (Wildman–Crippen LogP) is 0.0697. The molecular formula is C15H18FN5O2. The maximum atomic E-state index is 13.0. The van der Waals surface area contributed by atoms with E-state index in [1.54, 1.807) is 24.1 Å². The molecule has 1 aromatic heterocycles. The highest BCUT2D eigenvalue weighted by molar-refractivity contribution is 5.76. The third-order valence-electron chi connectivity index (χ3n) is 4.02. The van der Waals surface area contributed by atoms with Crippen LogP contribution in [0, 0.1) is 5.82 Å². The first-order valence-corrected chi connectivity index (χ1v) is 7.41. The lowest BCUT2D eigenvalue weighted by molar-refractivity contribution is -0.132. The quantitative estimate of drug-likeness (QED) is 0.803. The Morgan fingerprint density at radius 2 is 1.83 bits per heavy atom. The maximum absolute atomic E-state index is 13.0. The number of amides is 1. The Morgan fingerprint density at radius 3 is 2.39 bits per heavy atom. The Bertz CT molecular complexity index is 744. The van der Waals surface area contributed by atoms with Crippen LogP contribution in [-0.2, 0) is 18.4 Å². The smallest absolute Gasteiger partial charge is 0.345 e. The molecule has 0 N–H and O–H groups in total. The molecule has 7 nitrogen and oxygen atoms in total. The van der Waals surface area contributed by atoms with Crippen LogP contribution in [0.25, 0.3) is 0 Å². The highest BCUT2D eigenvalue weighted by atomic mass is 19.1. The van der Waals surface area contributed by atoms with E-state index in [0.29, 0.717) is 26.2 Å². The molecule has 2 aromatic rings. The molecule has 3 rings (SSSR count). The predicted molar refractivity (Wildman–Crippen MR) is 82.7 cm³/mol. The van der Waals surface area contributed by atoms with Crippen LogP contribution >= 0.6 is 0 Å². The van der Waals surface area contributed by atoms with Crippen LogP contribution in [-0.4, -0.2) is 51.3 Å². The number of benzene rings is 1. The second kappa shape index (κ2) is 6.23. The van der Waals surface area contributed by atoms with Gasteiger partial charge in [-0.15, -0.1) is 0 Å². The van der Waals surface area contributed by atoms with E-state index in [4.69, 9.17) is 0 Å². The van der Waals surface area contributed by atoms with E-state index in [1.165, 1.54) is 27.7 Å². The minimum atomic E-state index is -0.303. The van der Waals surface area contributed by atoms with Crippen molar-refractivity contribution < 1.29 is 9.18 Å². The zero-order valence-electron chi connectivity index (χ0n) is 12.9. The van der Waals surface area contributed by atoms with Gasteiger partial charge in [0, 0.05) is 38.9 Å². The van der Waals surface area contributed by atoms with Gasteiger partial charge in [-0.05, 0) is 24.3 Å². The highest BCUT2D eigenvalue weighted by Crippen LogP contribution is 2.17. The summed E-state index contributed by atoms with van der Waals surface area (Å²) in [5, 5.41) is 3.83. The number of aryl methyl sites for hydroxylation is 1. The summed E-state index contributed by atoms with van der Waals surface area (Å²) in [4.78, 5) is 27.8. The number of anilines is 1. The van der Waals surface area contributed by atoms with E-state index >= 15 is 0 Å². The molecule has 1 aliphatic heterocycles. The summed E-state index contributed by atoms with van der Waals surface area (Å²) in [7, 11) is 1.55. The average Bonchev–Trinajstić information content (AvgIpc) is 2.88. The summed E-state index contributed by atoms with van der Waals surface area (Å²) in [5.74, 6) is -0.358. The van der Waals surface area contributed by atoms with Gasteiger partial charge in [0.15, 0.2) is 0 Å². The molecule has 0 unspecified atom stereocenters. The highest BCUT2D eigenvalue weighted by Gasteiger charge is 2.22. The van der Waals surface area contributed by atoms with E-state index < -0.39 is 0 Å². The fraction of sp³-hybridized carbons (Fsp3) is 0.400. The second-order valence-electron chi connectivity index (χ2n) is 5.51. The van der Waals surface area contributed by atoms with Crippen LogP contribution in [0.3, 0.4) is 0 Å². The van der Waals surface area contributed by atoms with Gasteiger partial charge in [0.05, 0.1) is 0 Å². The maximum Gasteiger partial charge on any atom is 0.345 e. The Hall–Kier alpha value is -2.64. The second-order valence-corrected chi connectivity index (χ2v) is 5.51. The fourth-order valence-electron chi connectivity index (χ4n) is 2.64. The number of hydrogen-bond acceptors (Lipinski definition) is 4. The number of rotatable bonds is 3. The topological polar surface area (TPSA) is 63.4 Å². The van der Waals surface area contributed by atoms with Gasteiger partial charge in [-0.2, -0.15) is 5.10 Å². The van der Waals surface area contributed by atoms with Gasteiger partial charge in [0.1, 0.15) is 18.7 Å². The van der Waals surface area contributed by atoms with Crippen LogP contribution in [0.1, 0.15) is 0 Å². The van der Waals surface area contributed by atoms with E-state index in [-0.39, 0.29) is 24.0 Å². The van der Waals surface area contributed by atoms with Crippen molar-refractivity contribution in [3.05, 3.63) is 46.9 Å². The third kappa shape index (κ3) is 3.25. The molecule has 2 heterocycles. The van der Waals surface area contributed by atoms with Crippen molar-refractivity contribution in [2.45, 2.75) is 6.54 Å². The summed E-state index contributed by atoms with van der Waals surface area (Å²) >= 11 is 0. The van der Waals surface area contributed by atoms with Crippen molar-refractivity contribution in [3.63, 3.8) is 0 Å². The lowest BCUT2D eigenvalue weighted by Gasteiger charge is -2.36. The molecule has 1 aromatic carbocycles.